The summed E-state index contributed by atoms with van der Waals surface area (Å²) in [7, 11) is 0. The Kier molecular flexibility index (Phi) is 4.10. The molecular weight excluding hydrogens is 218 g/mol. The smallest absolute Gasteiger partial charge is 0.0813 e. The van der Waals surface area contributed by atoms with Crippen LogP contribution in [0.1, 0.15) is 16.0 Å². The van der Waals surface area contributed by atoms with Gasteiger partial charge in [-0.15, -0.1) is 11.3 Å². The van der Waals surface area contributed by atoms with E-state index in [-0.39, 0.29) is 0 Å². The molecule has 84 valence electrons. The molecule has 0 amide bonds. The van der Waals surface area contributed by atoms with E-state index in [2.05, 4.69) is 23.6 Å². The van der Waals surface area contributed by atoms with Crippen molar-refractivity contribution in [3.05, 3.63) is 57.8 Å². The molecule has 0 bridgehead atoms. The maximum Gasteiger partial charge on any atom is 0.0813 e. The highest BCUT2D eigenvalue weighted by Crippen LogP contribution is 2.12. The van der Waals surface area contributed by atoms with E-state index >= 15 is 0 Å². The molecule has 0 radical (unpaired) electrons. The van der Waals surface area contributed by atoms with Crippen molar-refractivity contribution in [2.45, 2.75) is 19.8 Å². The number of rotatable bonds is 5. The maximum absolute atomic E-state index is 5.63. The third-order valence-electron chi connectivity index (χ3n) is 2.32. The molecule has 0 saturated carbocycles. The minimum atomic E-state index is 0.582. The Morgan fingerprint density at radius 2 is 1.94 bits per heavy atom. The summed E-state index contributed by atoms with van der Waals surface area (Å²) in [5, 5.41) is 2.06. The molecule has 2 rings (SSSR count). The molecule has 1 heterocycles. The lowest BCUT2D eigenvalue weighted by Gasteiger charge is -2.04. The summed E-state index contributed by atoms with van der Waals surface area (Å²) in [6.45, 7) is 1.91. The highest BCUT2D eigenvalue weighted by molar-refractivity contribution is 7.09. The van der Waals surface area contributed by atoms with Gasteiger partial charge in [-0.25, -0.2) is 0 Å². The first-order chi connectivity index (χ1) is 7.88. The van der Waals surface area contributed by atoms with Gasteiger partial charge in [0.05, 0.1) is 13.2 Å². The molecule has 2 N–H and O–H groups in total. The second-order valence-electron chi connectivity index (χ2n) is 3.60. The van der Waals surface area contributed by atoms with E-state index in [0.717, 1.165) is 5.56 Å². The quantitative estimate of drug-likeness (QED) is 0.861. The van der Waals surface area contributed by atoms with Gasteiger partial charge < -0.3 is 10.5 Å². The number of ether oxygens (including phenoxy) is 1. The number of nitrogens with two attached hydrogens (primary N) is 1. The fraction of sp³-hybridized carbons (Fsp3) is 0.231. The van der Waals surface area contributed by atoms with Crippen LogP contribution in [0, 0.1) is 0 Å². The van der Waals surface area contributed by atoms with Gasteiger partial charge in [-0.1, -0.05) is 30.3 Å². The van der Waals surface area contributed by atoms with Gasteiger partial charge in [0.25, 0.3) is 0 Å². The number of thiophene rings is 1. The van der Waals surface area contributed by atoms with E-state index in [0.29, 0.717) is 19.8 Å². The molecule has 1 aromatic heterocycles. The zero-order valence-electron chi connectivity index (χ0n) is 9.06. The summed E-state index contributed by atoms with van der Waals surface area (Å²) in [5.41, 5.74) is 7.92. The van der Waals surface area contributed by atoms with Gasteiger partial charge in [0, 0.05) is 11.4 Å². The number of hydrogen-bond acceptors (Lipinski definition) is 3. The number of benzene rings is 1. The largest absolute Gasteiger partial charge is 0.371 e. The monoisotopic (exact) mass is 233 g/mol. The third kappa shape index (κ3) is 3.17. The first-order valence-corrected chi connectivity index (χ1v) is 6.14. The van der Waals surface area contributed by atoms with E-state index in [1.54, 1.807) is 11.3 Å². The Labute approximate surface area is 99.7 Å². The normalized spacial score (nSPS) is 10.6. The third-order valence-corrected chi connectivity index (χ3v) is 3.17. The van der Waals surface area contributed by atoms with Gasteiger partial charge in [-0.2, -0.15) is 0 Å². The first kappa shape index (κ1) is 11.3. The lowest BCUT2D eigenvalue weighted by molar-refractivity contribution is 0.109. The average Bonchev–Trinajstić information content (AvgIpc) is 2.82. The van der Waals surface area contributed by atoms with Crippen LogP contribution in [-0.2, 0) is 24.5 Å². The molecule has 0 aliphatic heterocycles. The van der Waals surface area contributed by atoms with Crippen molar-refractivity contribution >= 4 is 11.3 Å². The highest BCUT2D eigenvalue weighted by atomic mass is 32.1. The standard InChI is InChI=1S/C13H15NOS/c14-8-11-3-1-4-12(7-11)9-15-10-13-5-2-6-16-13/h1-7H,8-10,14H2. The Balaban J connectivity index is 1.85. The van der Waals surface area contributed by atoms with Crippen LogP contribution in [0.4, 0.5) is 0 Å². The minimum Gasteiger partial charge on any atom is -0.371 e. The average molecular weight is 233 g/mol. The molecule has 0 spiro atoms. The van der Waals surface area contributed by atoms with Gasteiger partial charge in [-0.3, -0.25) is 0 Å². The molecule has 3 heteroatoms. The predicted octanol–water partition coefficient (Wildman–Crippen LogP) is 2.92. The minimum absolute atomic E-state index is 0.582. The molecule has 0 atom stereocenters. The first-order valence-electron chi connectivity index (χ1n) is 5.26. The van der Waals surface area contributed by atoms with Gasteiger partial charge in [0.1, 0.15) is 0 Å². The predicted molar refractivity (Wildman–Crippen MR) is 67.1 cm³/mol. The molecule has 2 nitrogen and oxygen atoms in total. The fourth-order valence-corrected chi connectivity index (χ4v) is 2.15. The molecule has 0 aliphatic rings. The maximum atomic E-state index is 5.63. The van der Waals surface area contributed by atoms with Gasteiger partial charge in [0.15, 0.2) is 0 Å². The van der Waals surface area contributed by atoms with E-state index in [1.165, 1.54) is 10.4 Å². The number of hydrogen-bond donors (Lipinski definition) is 1. The van der Waals surface area contributed by atoms with Crippen LogP contribution >= 0.6 is 11.3 Å². The van der Waals surface area contributed by atoms with Crippen LogP contribution in [0.5, 0.6) is 0 Å². The van der Waals surface area contributed by atoms with E-state index in [4.69, 9.17) is 10.5 Å². The van der Waals surface area contributed by atoms with Crippen molar-refractivity contribution in [1.82, 2.24) is 0 Å². The molecule has 16 heavy (non-hydrogen) atoms. The van der Waals surface area contributed by atoms with Crippen molar-refractivity contribution in [2.24, 2.45) is 5.73 Å². The van der Waals surface area contributed by atoms with Crippen molar-refractivity contribution in [3.8, 4) is 0 Å². The van der Waals surface area contributed by atoms with Crippen LogP contribution in [0.3, 0.4) is 0 Å². The second kappa shape index (κ2) is 5.80. The van der Waals surface area contributed by atoms with Crippen molar-refractivity contribution in [2.75, 3.05) is 0 Å². The van der Waals surface area contributed by atoms with Crippen LogP contribution in [0.25, 0.3) is 0 Å². The molecule has 0 unspecified atom stereocenters. The Morgan fingerprint density at radius 3 is 2.69 bits per heavy atom. The molecule has 0 saturated heterocycles. The summed E-state index contributed by atoms with van der Waals surface area (Å²) >= 11 is 1.72. The summed E-state index contributed by atoms with van der Waals surface area (Å²) in [5.74, 6) is 0. The molecule has 0 aliphatic carbocycles. The second-order valence-corrected chi connectivity index (χ2v) is 4.63. The summed E-state index contributed by atoms with van der Waals surface area (Å²) < 4.78 is 5.63. The molecular formula is C13H15NOS. The summed E-state index contributed by atoms with van der Waals surface area (Å²) in [6.07, 6.45) is 0. The van der Waals surface area contributed by atoms with E-state index < -0.39 is 0 Å². The van der Waals surface area contributed by atoms with E-state index in [1.807, 2.05) is 18.2 Å². The van der Waals surface area contributed by atoms with Crippen LogP contribution in [-0.4, -0.2) is 0 Å². The lowest BCUT2D eigenvalue weighted by atomic mass is 10.1. The van der Waals surface area contributed by atoms with Crippen molar-refractivity contribution < 1.29 is 4.74 Å². The van der Waals surface area contributed by atoms with E-state index in [9.17, 15) is 0 Å². The Bertz CT molecular complexity index is 425. The van der Waals surface area contributed by atoms with Gasteiger partial charge >= 0.3 is 0 Å². The van der Waals surface area contributed by atoms with Gasteiger partial charge in [0.2, 0.25) is 0 Å². The fourth-order valence-electron chi connectivity index (χ4n) is 1.51. The molecule has 0 fully saturated rings. The Morgan fingerprint density at radius 1 is 1.06 bits per heavy atom. The molecule has 1 aromatic carbocycles. The van der Waals surface area contributed by atoms with Gasteiger partial charge in [-0.05, 0) is 22.6 Å². The van der Waals surface area contributed by atoms with Crippen LogP contribution in [0.15, 0.2) is 41.8 Å². The Hall–Kier alpha value is -1.16. The van der Waals surface area contributed by atoms with Crippen molar-refractivity contribution in [3.63, 3.8) is 0 Å². The zero-order chi connectivity index (χ0) is 11.2. The summed E-state index contributed by atoms with van der Waals surface area (Å²) in [6, 6.07) is 12.3. The zero-order valence-corrected chi connectivity index (χ0v) is 9.87. The lowest BCUT2D eigenvalue weighted by Crippen LogP contribution is -1.98. The highest BCUT2D eigenvalue weighted by Gasteiger charge is 1.97. The molecule has 2 aromatic rings. The van der Waals surface area contributed by atoms with Crippen molar-refractivity contribution in [1.29, 1.82) is 0 Å². The van der Waals surface area contributed by atoms with Crippen LogP contribution in [0.2, 0.25) is 0 Å². The topological polar surface area (TPSA) is 35.2 Å². The SMILES string of the molecule is NCc1cccc(COCc2cccs2)c1. The van der Waals surface area contributed by atoms with Crippen LogP contribution < -0.4 is 5.73 Å². The summed E-state index contributed by atoms with van der Waals surface area (Å²) in [4.78, 5) is 1.26.